The molecule has 1 saturated heterocycles. The van der Waals surface area contributed by atoms with Crippen molar-refractivity contribution in [3.63, 3.8) is 0 Å². The zero-order valence-corrected chi connectivity index (χ0v) is 10.4. The summed E-state index contributed by atoms with van der Waals surface area (Å²) in [6.45, 7) is 8.83. The van der Waals surface area contributed by atoms with E-state index in [0.717, 1.165) is 19.0 Å². The third-order valence-corrected chi connectivity index (χ3v) is 3.91. The Kier molecular flexibility index (Phi) is 3.09. The number of ether oxygens (including phenoxy) is 1. The highest BCUT2D eigenvalue weighted by Gasteiger charge is 2.41. The Morgan fingerprint density at radius 2 is 1.93 bits per heavy atom. The predicted molar refractivity (Wildman–Crippen MR) is 63.0 cm³/mol. The molecule has 1 N–H and O–H groups in total. The van der Waals surface area contributed by atoms with Crippen LogP contribution in [-0.2, 0) is 4.74 Å². The first kappa shape index (κ1) is 11.4. The molecule has 2 rings (SSSR count). The molecule has 1 saturated carbocycles. The van der Waals surface area contributed by atoms with Crippen LogP contribution < -0.4 is 5.32 Å². The van der Waals surface area contributed by atoms with Gasteiger partial charge in [0.05, 0.1) is 11.2 Å². The Bertz CT molecular complexity index is 227. The van der Waals surface area contributed by atoms with Crippen molar-refractivity contribution in [2.24, 2.45) is 5.92 Å². The number of hydrogen-bond acceptors (Lipinski definition) is 2. The molecule has 1 spiro atoms. The molecule has 1 aliphatic carbocycles. The lowest BCUT2D eigenvalue weighted by molar-refractivity contribution is -0.167. The summed E-state index contributed by atoms with van der Waals surface area (Å²) in [5.41, 5.74) is 0.165. The second kappa shape index (κ2) is 4.06. The van der Waals surface area contributed by atoms with Crippen LogP contribution in [-0.4, -0.2) is 24.3 Å². The summed E-state index contributed by atoms with van der Waals surface area (Å²) in [5, 5.41) is 3.55. The van der Waals surface area contributed by atoms with Gasteiger partial charge in [-0.15, -0.1) is 0 Å². The standard InChI is InChI=1S/C13H25NO/c1-11-5-4-7-13(8-6-11)10-14-9-12(2,3)15-13/h11,14H,4-10H2,1-3H3. The Morgan fingerprint density at radius 3 is 2.67 bits per heavy atom. The molecular formula is C13H25NO. The first-order chi connectivity index (χ1) is 7.02. The summed E-state index contributed by atoms with van der Waals surface area (Å²) < 4.78 is 6.37. The van der Waals surface area contributed by atoms with Gasteiger partial charge in [0.15, 0.2) is 0 Å². The Balaban J connectivity index is 2.04. The molecule has 2 aliphatic rings. The Morgan fingerprint density at radius 1 is 1.13 bits per heavy atom. The molecule has 2 fully saturated rings. The van der Waals surface area contributed by atoms with Crippen LogP contribution in [0.3, 0.4) is 0 Å². The monoisotopic (exact) mass is 211 g/mol. The highest BCUT2D eigenvalue weighted by molar-refractivity contribution is 4.94. The molecule has 1 aliphatic heterocycles. The third kappa shape index (κ3) is 2.73. The Labute approximate surface area is 93.8 Å². The zero-order chi connectivity index (χ0) is 10.9. The van der Waals surface area contributed by atoms with E-state index in [4.69, 9.17) is 4.74 Å². The van der Waals surface area contributed by atoms with E-state index in [-0.39, 0.29) is 11.2 Å². The second-order valence-corrected chi connectivity index (χ2v) is 6.18. The first-order valence-electron chi connectivity index (χ1n) is 6.42. The molecule has 15 heavy (non-hydrogen) atoms. The maximum absolute atomic E-state index is 6.37. The van der Waals surface area contributed by atoms with Crippen LogP contribution in [0.15, 0.2) is 0 Å². The van der Waals surface area contributed by atoms with Gasteiger partial charge in [-0.3, -0.25) is 0 Å². The van der Waals surface area contributed by atoms with Crippen molar-refractivity contribution in [3.8, 4) is 0 Å². The molecule has 2 unspecified atom stereocenters. The minimum atomic E-state index is 0.0197. The molecule has 0 aromatic heterocycles. The van der Waals surface area contributed by atoms with E-state index in [1.54, 1.807) is 0 Å². The van der Waals surface area contributed by atoms with Gasteiger partial charge in [-0.25, -0.2) is 0 Å². The van der Waals surface area contributed by atoms with Crippen LogP contribution in [0, 0.1) is 5.92 Å². The molecule has 2 nitrogen and oxygen atoms in total. The fourth-order valence-electron chi connectivity index (χ4n) is 3.08. The summed E-state index contributed by atoms with van der Waals surface area (Å²) in [6, 6.07) is 0. The van der Waals surface area contributed by atoms with Crippen LogP contribution in [0.1, 0.15) is 52.9 Å². The van der Waals surface area contributed by atoms with Gasteiger partial charge in [0.25, 0.3) is 0 Å². The molecule has 0 radical (unpaired) electrons. The van der Waals surface area contributed by atoms with Crippen LogP contribution in [0.5, 0.6) is 0 Å². The average molecular weight is 211 g/mol. The molecular weight excluding hydrogens is 186 g/mol. The molecule has 0 aromatic carbocycles. The van der Waals surface area contributed by atoms with Gasteiger partial charge in [0.2, 0.25) is 0 Å². The van der Waals surface area contributed by atoms with Crippen molar-refractivity contribution in [2.45, 2.75) is 64.1 Å². The molecule has 2 atom stereocenters. The van der Waals surface area contributed by atoms with Crippen molar-refractivity contribution in [2.75, 3.05) is 13.1 Å². The van der Waals surface area contributed by atoms with Crippen LogP contribution in [0.4, 0.5) is 0 Å². The quantitative estimate of drug-likeness (QED) is 0.665. The lowest BCUT2D eigenvalue weighted by Gasteiger charge is -2.45. The highest BCUT2D eigenvalue weighted by atomic mass is 16.5. The van der Waals surface area contributed by atoms with E-state index >= 15 is 0 Å². The van der Waals surface area contributed by atoms with Crippen molar-refractivity contribution in [1.82, 2.24) is 5.32 Å². The molecule has 0 aromatic rings. The summed E-state index contributed by atoms with van der Waals surface area (Å²) >= 11 is 0. The SMILES string of the molecule is CC1CCCC2(CC1)CNCC(C)(C)O2. The zero-order valence-electron chi connectivity index (χ0n) is 10.4. The van der Waals surface area contributed by atoms with Gasteiger partial charge in [0.1, 0.15) is 0 Å². The lowest BCUT2D eigenvalue weighted by Crippen LogP contribution is -2.57. The van der Waals surface area contributed by atoms with Gasteiger partial charge in [-0.2, -0.15) is 0 Å². The van der Waals surface area contributed by atoms with E-state index in [0.29, 0.717) is 0 Å². The van der Waals surface area contributed by atoms with Crippen LogP contribution in [0.25, 0.3) is 0 Å². The van der Waals surface area contributed by atoms with Crippen LogP contribution in [0.2, 0.25) is 0 Å². The summed E-state index contributed by atoms with van der Waals surface area (Å²) in [7, 11) is 0. The molecule has 2 heteroatoms. The van der Waals surface area contributed by atoms with E-state index in [1.165, 1.54) is 32.1 Å². The van der Waals surface area contributed by atoms with Crippen molar-refractivity contribution < 1.29 is 4.74 Å². The van der Waals surface area contributed by atoms with E-state index in [2.05, 4.69) is 26.1 Å². The largest absolute Gasteiger partial charge is 0.366 e. The molecule has 0 amide bonds. The van der Waals surface area contributed by atoms with Gasteiger partial charge >= 0.3 is 0 Å². The fraction of sp³-hybridized carbons (Fsp3) is 1.00. The normalized spacial score (nSPS) is 41.4. The molecule has 0 bridgehead atoms. The molecule has 88 valence electrons. The Hall–Kier alpha value is -0.0800. The summed E-state index contributed by atoms with van der Waals surface area (Å²) in [4.78, 5) is 0. The maximum Gasteiger partial charge on any atom is 0.0814 e. The predicted octanol–water partition coefficient (Wildman–Crippen LogP) is 2.72. The number of morpholine rings is 1. The van der Waals surface area contributed by atoms with Gasteiger partial charge in [0, 0.05) is 13.1 Å². The second-order valence-electron chi connectivity index (χ2n) is 6.18. The minimum absolute atomic E-state index is 0.0197. The van der Waals surface area contributed by atoms with Crippen molar-refractivity contribution in [3.05, 3.63) is 0 Å². The number of hydrogen-bond donors (Lipinski definition) is 1. The minimum Gasteiger partial charge on any atom is -0.366 e. The van der Waals surface area contributed by atoms with Gasteiger partial charge in [-0.1, -0.05) is 19.8 Å². The number of rotatable bonds is 0. The van der Waals surface area contributed by atoms with Gasteiger partial charge < -0.3 is 10.1 Å². The first-order valence-corrected chi connectivity index (χ1v) is 6.42. The smallest absolute Gasteiger partial charge is 0.0814 e. The number of nitrogens with one attached hydrogen (secondary N) is 1. The summed E-state index contributed by atoms with van der Waals surface area (Å²) in [5.74, 6) is 0.887. The van der Waals surface area contributed by atoms with E-state index in [9.17, 15) is 0 Å². The third-order valence-electron chi connectivity index (χ3n) is 3.91. The maximum atomic E-state index is 6.37. The average Bonchev–Trinajstić information content (AvgIpc) is 2.28. The molecule has 1 heterocycles. The van der Waals surface area contributed by atoms with E-state index in [1.807, 2.05) is 0 Å². The van der Waals surface area contributed by atoms with Crippen molar-refractivity contribution >= 4 is 0 Å². The fourth-order valence-corrected chi connectivity index (χ4v) is 3.08. The topological polar surface area (TPSA) is 21.3 Å². The highest BCUT2D eigenvalue weighted by Crippen LogP contribution is 2.37. The van der Waals surface area contributed by atoms with Gasteiger partial charge in [-0.05, 0) is 39.0 Å². The lowest BCUT2D eigenvalue weighted by atomic mass is 9.89. The van der Waals surface area contributed by atoms with Crippen LogP contribution >= 0.6 is 0 Å². The van der Waals surface area contributed by atoms with Crippen molar-refractivity contribution in [1.29, 1.82) is 0 Å². The summed E-state index contributed by atoms with van der Waals surface area (Å²) in [6.07, 6.45) is 6.53. The van der Waals surface area contributed by atoms with E-state index < -0.39 is 0 Å².